The van der Waals surface area contributed by atoms with E-state index in [1.807, 2.05) is 60.7 Å². The first kappa shape index (κ1) is 31.9. The van der Waals surface area contributed by atoms with Crippen LogP contribution in [0.25, 0.3) is 0 Å². The monoisotopic (exact) mass is 608 g/mol. The second kappa shape index (κ2) is 17.2. The summed E-state index contributed by atoms with van der Waals surface area (Å²) in [5.41, 5.74) is 3.08. The summed E-state index contributed by atoms with van der Waals surface area (Å²) in [6.45, 7) is 0.0678. The molecule has 0 atom stereocenters. The average Bonchev–Trinajstić information content (AvgIpc) is 3.03. The molecule has 0 radical (unpaired) electrons. The van der Waals surface area contributed by atoms with E-state index in [9.17, 15) is 19.2 Å². The van der Waals surface area contributed by atoms with E-state index in [2.05, 4.69) is 0 Å². The molecule has 0 spiro atoms. The van der Waals surface area contributed by atoms with E-state index in [0.717, 1.165) is 22.3 Å². The Balaban J connectivity index is 0.000000231. The van der Waals surface area contributed by atoms with Gasteiger partial charge in [0.15, 0.2) is 0 Å². The number of halogens is 2. The van der Waals surface area contributed by atoms with Crippen molar-refractivity contribution in [2.24, 2.45) is 0 Å². The maximum atomic E-state index is 11.5. The van der Waals surface area contributed by atoms with Crippen molar-refractivity contribution >= 4 is 47.1 Å². The second-order valence-corrected chi connectivity index (χ2v) is 9.40. The van der Waals surface area contributed by atoms with Crippen LogP contribution in [0.2, 0.25) is 10.0 Å². The van der Waals surface area contributed by atoms with Crippen LogP contribution in [0.3, 0.4) is 0 Å². The topological polar surface area (TPSA) is 105 Å². The first-order valence-corrected chi connectivity index (χ1v) is 13.3. The van der Waals surface area contributed by atoms with Crippen LogP contribution in [0.5, 0.6) is 0 Å². The van der Waals surface area contributed by atoms with Gasteiger partial charge in [0.1, 0.15) is 26.4 Å². The molecule has 0 bridgehead atoms. The van der Waals surface area contributed by atoms with Crippen LogP contribution in [-0.4, -0.2) is 23.9 Å². The minimum Gasteiger partial charge on any atom is -0.452 e. The van der Waals surface area contributed by atoms with Crippen molar-refractivity contribution in [1.29, 1.82) is 0 Å². The Bertz CT molecular complexity index is 1330. The largest absolute Gasteiger partial charge is 0.452 e. The molecule has 10 heteroatoms. The third-order valence-corrected chi connectivity index (χ3v) is 5.83. The van der Waals surface area contributed by atoms with E-state index >= 15 is 0 Å². The summed E-state index contributed by atoms with van der Waals surface area (Å²) >= 11 is 11.5. The fourth-order valence-electron chi connectivity index (χ4n) is 3.14. The lowest BCUT2D eigenvalue weighted by molar-refractivity contribution is -0.169. The van der Waals surface area contributed by atoms with Gasteiger partial charge in [-0.1, -0.05) is 108 Å². The van der Waals surface area contributed by atoms with Gasteiger partial charge in [-0.25, -0.2) is 19.2 Å². The molecule has 0 fully saturated rings. The summed E-state index contributed by atoms with van der Waals surface area (Å²) in [4.78, 5) is 45.9. The average molecular weight is 609 g/mol. The molecule has 4 aromatic rings. The highest BCUT2D eigenvalue weighted by Gasteiger charge is 2.18. The van der Waals surface area contributed by atoms with Gasteiger partial charge in [0, 0.05) is 10.0 Å². The predicted molar refractivity (Wildman–Crippen MR) is 155 cm³/mol. The SMILES string of the molecule is O=C(OCc1ccc(Cl)cc1)C(=O)OCc1ccc(Cl)cc1.O=C(OCc1ccccc1)C(=O)OCc1ccccc1. The van der Waals surface area contributed by atoms with E-state index in [-0.39, 0.29) is 26.4 Å². The molecule has 8 nitrogen and oxygen atoms in total. The predicted octanol–water partition coefficient (Wildman–Crippen LogP) is 6.25. The molecular formula is C32H26Cl2O8. The van der Waals surface area contributed by atoms with Crippen molar-refractivity contribution in [1.82, 2.24) is 0 Å². The Morgan fingerprint density at radius 1 is 0.381 bits per heavy atom. The van der Waals surface area contributed by atoms with E-state index in [1.54, 1.807) is 48.5 Å². The highest BCUT2D eigenvalue weighted by atomic mass is 35.5. The third kappa shape index (κ3) is 11.8. The maximum absolute atomic E-state index is 11.5. The summed E-state index contributed by atoms with van der Waals surface area (Å²) in [6.07, 6.45) is 0. The molecule has 42 heavy (non-hydrogen) atoms. The molecular weight excluding hydrogens is 583 g/mol. The highest BCUT2D eigenvalue weighted by Crippen LogP contribution is 2.12. The van der Waals surface area contributed by atoms with Crippen molar-refractivity contribution < 1.29 is 38.1 Å². The molecule has 0 aromatic heterocycles. The molecule has 0 heterocycles. The Kier molecular flexibility index (Phi) is 13.1. The van der Waals surface area contributed by atoms with Crippen LogP contribution in [0.15, 0.2) is 109 Å². The molecule has 0 saturated heterocycles. The van der Waals surface area contributed by atoms with Gasteiger partial charge in [-0.2, -0.15) is 0 Å². The number of benzene rings is 4. The van der Waals surface area contributed by atoms with Gasteiger partial charge in [-0.3, -0.25) is 0 Å². The molecule has 216 valence electrons. The molecule has 0 aliphatic heterocycles. The zero-order valence-corrected chi connectivity index (χ0v) is 23.8. The van der Waals surface area contributed by atoms with E-state index in [0.29, 0.717) is 10.0 Å². The smallest absolute Gasteiger partial charge is 0.417 e. The van der Waals surface area contributed by atoms with Gasteiger partial charge in [0.2, 0.25) is 0 Å². The summed E-state index contributed by atoms with van der Waals surface area (Å²) in [5, 5.41) is 1.16. The maximum Gasteiger partial charge on any atom is 0.417 e. The zero-order chi connectivity index (χ0) is 30.2. The summed E-state index contributed by atoms with van der Waals surface area (Å²) < 4.78 is 19.4. The van der Waals surface area contributed by atoms with Gasteiger partial charge in [-0.05, 0) is 46.5 Å². The standard InChI is InChI=1S/C16H12Cl2O4.C16H14O4/c17-13-5-1-11(2-6-13)9-21-15(19)16(20)22-10-12-3-7-14(18)8-4-12;17-15(19-11-13-7-3-1-4-8-13)16(18)20-12-14-9-5-2-6-10-14/h1-8H,9-10H2;1-10H,11-12H2. The van der Waals surface area contributed by atoms with Gasteiger partial charge in [0.25, 0.3) is 0 Å². The molecule has 0 N–H and O–H groups in total. The number of carbonyl (C=O) groups excluding carboxylic acids is 4. The van der Waals surface area contributed by atoms with Crippen LogP contribution in [0.4, 0.5) is 0 Å². The highest BCUT2D eigenvalue weighted by molar-refractivity contribution is 6.31. The number of carbonyl (C=O) groups is 4. The van der Waals surface area contributed by atoms with Gasteiger partial charge >= 0.3 is 23.9 Å². The van der Waals surface area contributed by atoms with Crippen LogP contribution < -0.4 is 0 Å². The van der Waals surface area contributed by atoms with Crippen molar-refractivity contribution in [3.63, 3.8) is 0 Å². The Hall–Kier alpha value is -4.66. The Labute approximate surface area is 252 Å². The van der Waals surface area contributed by atoms with Gasteiger partial charge in [0.05, 0.1) is 0 Å². The fraction of sp³-hybridized carbons (Fsp3) is 0.125. The normalized spacial score (nSPS) is 9.95. The van der Waals surface area contributed by atoms with Gasteiger partial charge < -0.3 is 18.9 Å². The van der Waals surface area contributed by atoms with Crippen LogP contribution in [0.1, 0.15) is 22.3 Å². The molecule has 4 aromatic carbocycles. The fourth-order valence-corrected chi connectivity index (χ4v) is 3.39. The first-order valence-electron chi connectivity index (χ1n) is 12.5. The first-order chi connectivity index (χ1) is 20.3. The molecule has 0 aliphatic rings. The number of esters is 4. The van der Waals surface area contributed by atoms with E-state index < -0.39 is 23.9 Å². The number of rotatable bonds is 8. The lowest BCUT2D eigenvalue weighted by Crippen LogP contribution is -2.20. The number of hydrogen-bond donors (Lipinski definition) is 0. The zero-order valence-electron chi connectivity index (χ0n) is 22.2. The Morgan fingerprint density at radius 3 is 0.881 bits per heavy atom. The van der Waals surface area contributed by atoms with Crippen molar-refractivity contribution in [2.45, 2.75) is 26.4 Å². The molecule has 0 unspecified atom stereocenters. The minimum absolute atomic E-state index is 0.0218. The second-order valence-electron chi connectivity index (χ2n) is 8.53. The molecule has 0 aliphatic carbocycles. The number of hydrogen-bond acceptors (Lipinski definition) is 8. The minimum atomic E-state index is -1.04. The van der Waals surface area contributed by atoms with Crippen LogP contribution in [0, 0.1) is 0 Å². The summed E-state index contributed by atoms with van der Waals surface area (Å²) in [5.74, 6) is -4.04. The van der Waals surface area contributed by atoms with Crippen molar-refractivity contribution in [3.8, 4) is 0 Å². The van der Waals surface area contributed by atoms with Gasteiger partial charge in [-0.15, -0.1) is 0 Å². The summed E-state index contributed by atoms with van der Waals surface area (Å²) in [7, 11) is 0. The summed E-state index contributed by atoms with van der Waals surface area (Å²) in [6, 6.07) is 31.8. The lowest BCUT2D eigenvalue weighted by atomic mass is 10.2. The molecule has 0 amide bonds. The molecule has 4 rings (SSSR count). The third-order valence-electron chi connectivity index (χ3n) is 5.33. The van der Waals surface area contributed by atoms with Crippen LogP contribution in [-0.2, 0) is 64.6 Å². The van der Waals surface area contributed by atoms with Crippen LogP contribution >= 0.6 is 23.2 Å². The quantitative estimate of drug-likeness (QED) is 0.131. The Morgan fingerprint density at radius 2 is 0.619 bits per heavy atom. The van der Waals surface area contributed by atoms with E-state index in [4.69, 9.17) is 42.1 Å². The molecule has 0 saturated carbocycles. The van der Waals surface area contributed by atoms with Crippen molar-refractivity contribution in [2.75, 3.05) is 0 Å². The number of ether oxygens (including phenoxy) is 4. The van der Waals surface area contributed by atoms with Crippen molar-refractivity contribution in [3.05, 3.63) is 141 Å². The lowest BCUT2D eigenvalue weighted by Gasteiger charge is -2.06. The van der Waals surface area contributed by atoms with E-state index in [1.165, 1.54) is 0 Å².